The molecule has 0 aliphatic carbocycles. The van der Waals surface area contributed by atoms with Gasteiger partial charge in [-0.3, -0.25) is 9.69 Å². The smallest absolute Gasteiger partial charge is 0.323 e. The lowest BCUT2D eigenvalue weighted by Crippen LogP contribution is -2.45. The lowest BCUT2D eigenvalue weighted by atomic mass is 9.93. The molecule has 1 aliphatic rings. The Morgan fingerprint density at radius 3 is 2.44 bits per heavy atom. The van der Waals surface area contributed by atoms with E-state index < -0.39 is 0 Å². The number of hydrogen-bond acceptors (Lipinski definition) is 5. The van der Waals surface area contributed by atoms with E-state index in [-0.39, 0.29) is 12.0 Å². The topological polar surface area (TPSA) is 48.0 Å². The summed E-state index contributed by atoms with van der Waals surface area (Å²) < 4.78 is 17.0. The summed E-state index contributed by atoms with van der Waals surface area (Å²) in [4.78, 5) is 14.9. The molecule has 0 fully saturated rings. The molecule has 0 saturated heterocycles. The number of carbonyl (C=O) groups excluding carboxylic acids is 1. The molecule has 5 nitrogen and oxygen atoms in total. The first-order valence-corrected chi connectivity index (χ1v) is 11.0. The summed E-state index contributed by atoms with van der Waals surface area (Å²) in [6, 6.07) is 24.0. The Labute approximate surface area is 189 Å². The van der Waals surface area contributed by atoms with Crippen LogP contribution >= 0.6 is 0 Å². The predicted molar refractivity (Wildman–Crippen MR) is 124 cm³/mol. The van der Waals surface area contributed by atoms with Crippen LogP contribution in [0, 0.1) is 0 Å². The Kier molecular flexibility index (Phi) is 7.07. The van der Waals surface area contributed by atoms with Crippen molar-refractivity contribution in [1.82, 2.24) is 4.90 Å². The van der Waals surface area contributed by atoms with E-state index in [1.165, 1.54) is 11.1 Å². The molecule has 32 heavy (non-hydrogen) atoms. The van der Waals surface area contributed by atoms with Crippen LogP contribution < -0.4 is 9.47 Å². The van der Waals surface area contributed by atoms with Crippen LogP contribution in [-0.4, -0.2) is 30.6 Å². The number of benzene rings is 3. The first-order chi connectivity index (χ1) is 15.7. The highest BCUT2D eigenvalue weighted by molar-refractivity contribution is 5.76. The Morgan fingerprint density at radius 2 is 1.69 bits per heavy atom. The number of fused-ring (bicyclic) bond motifs is 1. The molecule has 4 rings (SSSR count). The molecule has 0 bridgehead atoms. The standard InChI is InChI=1S/C27H29NO4/c1-3-31-27(29)24-16-22-11-7-8-12-23(22)18-28(24)17-21-13-14-25(30-2)26(15-21)32-19-20-9-5-4-6-10-20/h4-15,24H,3,16-19H2,1-2H3. The van der Waals surface area contributed by atoms with Crippen LogP contribution in [0.3, 0.4) is 0 Å². The second kappa shape index (κ2) is 10.3. The Hall–Kier alpha value is -3.31. The number of carbonyl (C=O) groups is 1. The van der Waals surface area contributed by atoms with Crippen molar-refractivity contribution in [3.05, 3.63) is 95.1 Å². The van der Waals surface area contributed by atoms with Gasteiger partial charge in [-0.25, -0.2) is 0 Å². The van der Waals surface area contributed by atoms with Crippen molar-refractivity contribution in [3.8, 4) is 11.5 Å². The van der Waals surface area contributed by atoms with E-state index in [0.717, 1.165) is 11.1 Å². The minimum atomic E-state index is -0.305. The van der Waals surface area contributed by atoms with E-state index in [9.17, 15) is 4.79 Å². The summed E-state index contributed by atoms with van der Waals surface area (Å²) in [6.07, 6.45) is 0.655. The van der Waals surface area contributed by atoms with E-state index in [1.54, 1.807) is 7.11 Å². The van der Waals surface area contributed by atoms with Crippen LogP contribution in [0.15, 0.2) is 72.8 Å². The van der Waals surface area contributed by atoms with Gasteiger partial charge in [-0.05, 0) is 47.7 Å². The molecule has 0 N–H and O–H groups in total. The maximum Gasteiger partial charge on any atom is 0.323 e. The van der Waals surface area contributed by atoms with Gasteiger partial charge in [0.15, 0.2) is 11.5 Å². The third-order valence-corrected chi connectivity index (χ3v) is 5.76. The SMILES string of the molecule is CCOC(=O)C1Cc2ccccc2CN1Cc1ccc(OC)c(OCc2ccccc2)c1. The monoisotopic (exact) mass is 431 g/mol. The van der Waals surface area contributed by atoms with Gasteiger partial charge >= 0.3 is 5.97 Å². The summed E-state index contributed by atoms with van der Waals surface area (Å²) in [6.45, 7) is 4.00. The second-order valence-electron chi connectivity index (χ2n) is 7.91. The van der Waals surface area contributed by atoms with E-state index >= 15 is 0 Å². The molecule has 1 heterocycles. The molecule has 0 amide bonds. The number of esters is 1. The zero-order chi connectivity index (χ0) is 22.3. The Morgan fingerprint density at radius 1 is 0.938 bits per heavy atom. The molecule has 3 aromatic carbocycles. The van der Waals surface area contributed by atoms with Gasteiger partial charge in [-0.15, -0.1) is 0 Å². The summed E-state index contributed by atoms with van der Waals surface area (Å²) in [5, 5.41) is 0. The average Bonchev–Trinajstić information content (AvgIpc) is 2.83. The van der Waals surface area contributed by atoms with Crippen LogP contribution in [0.1, 0.15) is 29.2 Å². The number of rotatable bonds is 8. The summed E-state index contributed by atoms with van der Waals surface area (Å²) >= 11 is 0. The normalized spacial score (nSPS) is 15.6. The molecular weight excluding hydrogens is 402 g/mol. The van der Waals surface area contributed by atoms with Gasteiger partial charge in [0, 0.05) is 13.1 Å². The fraction of sp³-hybridized carbons (Fsp3) is 0.296. The minimum absolute atomic E-state index is 0.170. The van der Waals surface area contributed by atoms with Crippen molar-refractivity contribution < 1.29 is 19.0 Å². The molecule has 3 aromatic rings. The average molecular weight is 432 g/mol. The Balaban J connectivity index is 1.55. The fourth-order valence-electron chi connectivity index (χ4n) is 4.12. The predicted octanol–water partition coefficient (Wildman–Crippen LogP) is 4.76. The van der Waals surface area contributed by atoms with E-state index in [2.05, 4.69) is 17.0 Å². The van der Waals surface area contributed by atoms with Crippen LogP contribution in [0.2, 0.25) is 0 Å². The Bertz CT molecular complexity index is 1050. The molecule has 0 spiro atoms. The molecule has 1 unspecified atom stereocenters. The number of ether oxygens (including phenoxy) is 3. The van der Waals surface area contributed by atoms with E-state index in [1.807, 2.05) is 67.6 Å². The molecule has 0 saturated carbocycles. The molecule has 5 heteroatoms. The van der Waals surface area contributed by atoms with Crippen LogP contribution in [-0.2, 0) is 35.6 Å². The van der Waals surface area contributed by atoms with Crippen molar-refractivity contribution in [1.29, 1.82) is 0 Å². The van der Waals surface area contributed by atoms with Gasteiger partial charge in [0.25, 0.3) is 0 Å². The fourth-order valence-corrected chi connectivity index (χ4v) is 4.12. The van der Waals surface area contributed by atoms with Crippen LogP contribution in [0.4, 0.5) is 0 Å². The van der Waals surface area contributed by atoms with Gasteiger partial charge in [0.2, 0.25) is 0 Å². The van der Waals surface area contributed by atoms with Crippen molar-refractivity contribution >= 4 is 5.97 Å². The van der Waals surface area contributed by atoms with Gasteiger partial charge in [-0.1, -0.05) is 60.7 Å². The number of hydrogen-bond donors (Lipinski definition) is 0. The van der Waals surface area contributed by atoms with E-state index in [0.29, 0.717) is 44.2 Å². The first kappa shape index (κ1) is 21.9. The largest absolute Gasteiger partial charge is 0.493 e. The zero-order valence-corrected chi connectivity index (χ0v) is 18.6. The summed E-state index contributed by atoms with van der Waals surface area (Å²) in [5.74, 6) is 1.21. The number of nitrogens with zero attached hydrogens (tertiary/aromatic N) is 1. The summed E-state index contributed by atoms with van der Waals surface area (Å²) in [7, 11) is 1.64. The van der Waals surface area contributed by atoms with Gasteiger partial charge in [0.1, 0.15) is 12.6 Å². The third kappa shape index (κ3) is 5.11. The van der Waals surface area contributed by atoms with Crippen molar-refractivity contribution in [2.45, 2.75) is 39.1 Å². The highest BCUT2D eigenvalue weighted by atomic mass is 16.5. The molecule has 166 valence electrons. The molecule has 0 aromatic heterocycles. The molecule has 1 aliphatic heterocycles. The highest BCUT2D eigenvalue weighted by Crippen LogP contribution is 2.31. The van der Waals surface area contributed by atoms with E-state index in [4.69, 9.17) is 14.2 Å². The maximum absolute atomic E-state index is 12.7. The maximum atomic E-state index is 12.7. The molecule has 1 atom stereocenters. The van der Waals surface area contributed by atoms with Crippen LogP contribution in [0.5, 0.6) is 11.5 Å². The van der Waals surface area contributed by atoms with Gasteiger partial charge in [-0.2, -0.15) is 0 Å². The molecule has 0 radical (unpaired) electrons. The van der Waals surface area contributed by atoms with Crippen molar-refractivity contribution in [3.63, 3.8) is 0 Å². The third-order valence-electron chi connectivity index (χ3n) is 5.76. The van der Waals surface area contributed by atoms with Crippen molar-refractivity contribution in [2.24, 2.45) is 0 Å². The first-order valence-electron chi connectivity index (χ1n) is 11.0. The highest BCUT2D eigenvalue weighted by Gasteiger charge is 2.32. The lowest BCUT2D eigenvalue weighted by molar-refractivity contribution is -0.150. The number of methoxy groups -OCH3 is 1. The van der Waals surface area contributed by atoms with Gasteiger partial charge in [0.05, 0.1) is 13.7 Å². The van der Waals surface area contributed by atoms with Gasteiger partial charge < -0.3 is 14.2 Å². The summed E-state index contributed by atoms with van der Waals surface area (Å²) in [5.41, 5.74) is 4.61. The second-order valence-corrected chi connectivity index (χ2v) is 7.91. The lowest BCUT2D eigenvalue weighted by Gasteiger charge is -2.35. The quantitative estimate of drug-likeness (QED) is 0.481. The minimum Gasteiger partial charge on any atom is -0.493 e. The van der Waals surface area contributed by atoms with Crippen molar-refractivity contribution in [2.75, 3.05) is 13.7 Å². The van der Waals surface area contributed by atoms with Crippen LogP contribution in [0.25, 0.3) is 0 Å². The zero-order valence-electron chi connectivity index (χ0n) is 18.6. The molecular formula is C27H29NO4.